The lowest BCUT2D eigenvalue weighted by Gasteiger charge is -2.28. The van der Waals surface area contributed by atoms with Gasteiger partial charge >= 0.3 is 0 Å². The van der Waals surface area contributed by atoms with E-state index in [0.29, 0.717) is 34.8 Å². The summed E-state index contributed by atoms with van der Waals surface area (Å²) in [7, 11) is 0. The highest BCUT2D eigenvalue weighted by molar-refractivity contribution is 6.30. The Kier molecular flexibility index (Phi) is 7.48. The second kappa shape index (κ2) is 11.3. The first-order valence-electron chi connectivity index (χ1n) is 12.3. The number of benzene rings is 2. The standard InChI is InChI=1S/C31H24ClN5O2/c32-27-3-1-2-25(16-27)21-37-29(17-28(38)26-6-4-24(20-33)5-7-26)36-31(30(37)39,18-22-8-12-34-13-9-22)19-23-10-14-35-15-11-23/h1-17,36H,18-19,21H2/b29-17+. The zero-order valence-corrected chi connectivity index (χ0v) is 21.7. The molecule has 0 saturated carbocycles. The van der Waals surface area contributed by atoms with Gasteiger partial charge in [-0.25, -0.2) is 0 Å². The number of amides is 1. The lowest BCUT2D eigenvalue weighted by Crippen LogP contribution is -2.50. The fraction of sp³-hybridized carbons (Fsp3) is 0.129. The third-order valence-electron chi connectivity index (χ3n) is 6.62. The molecule has 1 fully saturated rings. The Labute approximate surface area is 231 Å². The van der Waals surface area contributed by atoms with E-state index in [-0.39, 0.29) is 18.2 Å². The molecular weight excluding hydrogens is 510 g/mol. The van der Waals surface area contributed by atoms with Crippen LogP contribution in [0.1, 0.15) is 32.6 Å². The molecule has 0 atom stereocenters. The van der Waals surface area contributed by atoms with E-state index in [2.05, 4.69) is 21.4 Å². The van der Waals surface area contributed by atoms with Crippen LogP contribution in [0.5, 0.6) is 0 Å². The van der Waals surface area contributed by atoms with Crippen molar-refractivity contribution in [2.75, 3.05) is 0 Å². The van der Waals surface area contributed by atoms with Gasteiger partial charge in [-0.2, -0.15) is 5.26 Å². The van der Waals surface area contributed by atoms with Crippen LogP contribution in [0.25, 0.3) is 0 Å². The van der Waals surface area contributed by atoms with Crippen LogP contribution in [0.4, 0.5) is 0 Å². The molecule has 5 rings (SSSR count). The molecular formula is C31H24ClN5O2. The van der Waals surface area contributed by atoms with Crippen molar-refractivity contribution in [1.82, 2.24) is 20.2 Å². The molecule has 4 aromatic rings. The van der Waals surface area contributed by atoms with Crippen molar-refractivity contribution >= 4 is 23.3 Å². The number of nitrogens with zero attached hydrogens (tertiary/aromatic N) is 4. The van der Waals surface area contributed by atoms with Gasteiger partial charge in [-0.3, -0.25) is 24.5 Å². The first kappa shape index (κ1) is 25.8. The molecule has 8 heteroatoms. The van der Waals surface area contributed by atoms with Gasteiger partial charge in [-0.1, -0.05) is 23.7 Å². The number of hydrogen-bond donors (Lipinski definition) is 1. The number of hydrogen-bond acceptors (Lipinski definition) is 6. The summed E-state index contributed by atoms with van der Waals surface area (Å²) in [4.78, 5) is 37.5. The summed E-state index contributed by atoms with van der Waals surface area (Å²) in [6, 6.07) is 23.3. The van der Waals surface area contributed by atoms with Crippen LogP contribution >= 0.6 is 11.6 Å². The fourth-order valence-corrected chi connectivity index (χ4v) is 4.95. The van der Waals surface area contributed by atoms with Crippen molar-refractivity contribution in [1.29, 1.82) is 5.26 Å². The van der Waals surface area contributed by atoms with Crippen molar-refractivity contribution in [3.05, 3.63) is 142 Å². The zero-order valence-electron chi connectivity index (χ0n) is 20.9. The van der Waals surface area contributed by atoms with Gasteiger partial charge in [0.15, 0.2) is 5.78 Å². The Morgan fingerprint density at radius 2 is 1.54 bits per heavy atom. The fourth-order valence-electron chi connectivity index (χ4n) is 4.74. The minimum Gasteiger partial charge on any atom is -0.357 e. The van der Waals surface area contributed by atoms with Crippen LogP contribution < -0.4 is 5.32 Å². The number of ketones is 1. The highest BCUT2D eigenvalue weighted by atomic mass is 35.5. The molecule has 2 aromatic carbocycles. The molecule has 0 bridgehead atoms. The van der Waals surface area contributed by atoms with E-state index >= 15 is 0 Å². The molecule has 2 aromatic heterocycles. The van der Waals surface area contributed by atoms with Crippen LogP contribution in [0.2, 0.25) is 5.02 Å². The van der Waals surface area contributed by atoms with Gasteiger partial charge in [-0.15, -0.1) is 0 Å². The summed E-state index contributed by atoms with van der Waals surface area (Å²) in [5.74, 6) is -0.0399. The molecule has 7 nitrogen and oxygen atoms in total. The van der Waals surface area contributed by atoms with Gasteiger partial charge in [0.1, 0.15) is 11.4 Å². The Morgan fingerprint density at radius 1 is 0.923 bits per heavy atom. The molecule has 192 valence electrons. The molecule has 1 aliphatic heterocycles. The second-order valence-corrected chi connectivity index (χ2v) is 9.81. The third-order valence-corrected chi connectivity index (χ3v) is 6.85. The third kappa shape index (κ3) is 5.87. The van der Waals surface area contributed by atoms with Crippen molar-refractivity contribution in [3.63, 3.8) is 0 Å². The van der Waals surface area contributed by atoms with Gasteiger partial charge < -0.3 is 5.32 Å². The molecule has 1 N–H and O–H groups in total. The van der Waals surface area contributed by atoms with Gasteiger partial charge in [0.2, 0.25) is 0 Å². The van der Waals surface area contributed by atoms with E-state index in [1.807, 2.05) is 36.4 Å². The maximum atomic E-state index is 14.3. The molecule has 39 heavy (non-hydrogen) atoms. The predicted molar refractivity (Wildman–Crippen MR) is 147 cm³/mol. The number of rotatable bonds is 8. The average molecular weight is 534 g/mol. The van der Waals surface area contributed by atoms with E-state index in [9.17, 15) is 9.59 Å². The molecule has 3 heterocycles. The molecule has 0 aliphatic carbocycles. The van der Waals surface area contributed by atoms with Crippen molar-refractivity contribution in [2.45, 2.75) is 24.9 Å². The normalized spacial score (nSPS) is 15.1. The zero-order chi connectivity index (χ0) is 27.2. The second-order valence-electron chi connectivity index (χ2n) is 9.38. The van der Waals surface area contributed by atoms with Crippen LogP contribution in [0.15, 0.2) is 109 Å². The van der Waals surface area contributed by atoms with Crippen LogP contribution in [0.3, 0.4) is 0 Å². The minimum atomic E-state index is -1.06. The first-order valence-corrected chi connectivity index (χ1v) is 12.7. The van der Waals surface area contributed by atoms with Crippen molar-refractivity contribution in [3.8, 4) is 6.07 Å². The van der Waals surface area contributed by atoms with Gasteiger partial charge in [-0.05, 0) is 77.4 Å². The molecule has 1 aliphatic rings. The summed E-state index contributed by atoms with van der Waals surface area (Å²) in [6.45, 7) is 0.229. The first-order chi connectivity index (χ1) is 19.0. The number of carbonyl (C=O) groups excluding carboxylic acids is 2. The Balaban J connectivity index is 1.57. The number of carbonyl (C=O) groups is 2. The number of halogens is 1. The van der Waals surface area contributed by atoms with Gasteiger partial charge in [0, 0.05) is 54.3 Å². The van der Waals surface area contributed by atoms with Crippen molar-refractivity contribution in [2.24, 2.45) is 0 Å². The maximum Gasteiger partial charge on any atom is 0.254 e. The largest absolute Gasteiger partial charge is 0.357 e. The molecule has 0 unspecified atom stereocenters. The SMILES string of the molecule is N#Cc1ccc(C(=O)/C=C2\NC(Cc3ccncc3)(Cc3ccncc3)C(=O)N2Cc2cccc(Cl)c2)cc1. The number of nitrogens with one attached hydrogen (secondary N) is 1. The summed E-state index contributed by atoms with van der Waals surface area (Å²) < 4.78 is 0. The predicted octanol–water partition coefficient (Wildman–Crippen LogP) is 4.88. The number of allylic oxidation sites excluding steroid dienone is 1. The van der Waals surface area contributed by atoms with Crippen LogP contribution in [-0.2, 0) is 24.2 Å². The van der Waals surface area contributed by atoms with E-state index in [4.69, 9.17) is 16.9 Å². The Morgan fingerprint density at radius 3 is 2.10 bits per heavy atom. The summed E-state index contributed by atoms with van der Waals surface area (Å²) >= 11 is 6.24. The lowest BCUT2D eigenvalue weighted by molar-refractivity contribution is -0.132. The Hall–Kier alpha value is -4.80. The Bertz CT molecular complexity index is 1520. The minimum absolute atomic E-state index is 0.157. The highest BCUT2D eigenvalue weighted by Crippen LogP contribution is 2.32. The maximum absolute atomic E-state index is 14.3. The topological polar surface area (TPSA) is 99.0 Å². The quantitative estimate of drug-likeness (QED) is 0.256. The smallest absolute Gasteiger partial charge is 0.254 e. The van der Waals surface area contributed by atoms with Crippen molar-refractivity contribution < 1.29 is 9.59 Å². The average Bonchev–Trinajstić information content (AvgIpc) is 3.19. The summed E-state index contributed by atoms with van der Waals surface area (Å²) in [5, 5.41) is 13.1. The summed E-state index contributed by atoms with van der Waals surface area (Å²) in [5.41, 5.74) is 2.52. The number of aromatic nitrogens is 2. The molecule has 0 spiro atoms. The van der Waals surface area contributed by atoms with E-state index < -0.39 is 5.54 Å². The summed E-state index contributed by atoms with van der Waals surface area (Å²) in [6.07, 6.45) is 9.00. The van der Waals surface area contributed by atoms with E-state index in [1.54, 1.807) is 66.1 Å². The van der Waals surface area contributed by atoms with E-state index in [0.717, 1.165) is 16.7 Å². The lowest BCUT2D eigenvalue weighted by atomic mass is 9.85. The monoisotopic (exact) mass is 533 g/mol. The van der Waals surface area contributed by atoms with E-state index in [1.165, 1.54) is 6.08 Å². The highest BCUT2D eigenvalue weighted by Gasteiger charge is 2.49. The van der Waals surface area contributed by atoms with Crippen LogP contribution in [0, 0.1) is 11.3 Å². The number of nitriles is 1. The van der Waals surface area contributed by atoms with Crippen LogP contribution in [-0.4, -0.2) is 32.1 Å². The van der Waals surface area contributed by atoms with Gasteiger partial charge in [0.05, 0.1) is 18.2 Å². The molecule has 0 radical (unpaired) electrons. The van der Waals surface area contributed by atoms with Gasteiger partial charge in [0.25, 0.3) is 5.91 Å². The number of pyridine rings is 2. The molecule has 1 amide bonds. The molecule has 1 saturated heterocycles.